The predicted octanol–water partition coefficient (Wildman–Crippen LogP) is 8.51. The summed E-state index contributed by atoms with van der Waals surface area (Å²) in [4.78, 5) is 18.4. The number of imidazole rings is 2. The van der Waals surface area contributed by atoms with Crippen LogP contribution >= 0.6 is 0 Å². The topological polar surface area (TPSA) is 134 Å². The molecular weight excluding hydrogens is 781 g/mol. The lowest BCUT2D eigenvalue weighted by Crippen LogP contribution is -2.27. The fraction of sp³-hybridized carbons (Fsp3) is 0.458. The van der Waals surface area contributed by atoms with E-state index >= 15 is 0 Å². The maximum atomic E-state index is 5.62. The van der Waals surface area contributed by atoms with Gasteiger partial charge in [-0.1, -0.05) is 24.3 Å². The van der Waals surface area contributed by atoms with Gasteiger partial charge in [0.1, 0.15) is 23.1 Å². The minimum absolute atomic E-state index is 0.505. The van der Waals surface area contributed by atoms with Gasteiger partial charge in [0.2, 0.25) is 0 Å². The molecule has 4 aliphatic heterocycles. The molecule has 8 heterocycles. The maximum Gasteiger partial charge on any atom is 0.174 e. The van der Waals surface area contributed by atoms with Gasteiger partial charge in [-0.25, -0.2) is 29.3 Å². The number of nitrogens with zero attached hydrogens (tertiary/aromatic N) is 10. The lowest BCUT2D eigenvalue weighted by atomic mass is 9.81. The van der Waals surface area contributed by atoms with E-state index in [9.17, 15) is 0 Å². The Balaban J connectivity index is 0.000000158. The SMILES string of the molecule is COc1cc(/C=C/c2nc3n(n2)CCC[C@@H]3C2CCOCC2)ccc1-n1cnc(C)c1.COc1cc(/C=C/c2nc3n(n2)CCC[C@H]3C2CCOCC2)ccc1-n1cnc(C)c1. The minimum Gasteiger partial charge on any atom is -0.495 e. The summed E-state index contributed by atoms with van der Waals surface area (Å²) in [5, 5.41) is 9.53. The molecule has 0 bridgehead atoms. The number of fused-ring (bicyclic) bond motifs is 2. The van der Waals surface area contributed by atoms with Crippen molar-refractivity contribution in [2.24, 2.45) is 11.8 Å². The number of hydrogen-bond donors (Lipinski definition) is 0. The van der Waals surface area contributed by atoms with Gasteiger partial charge < -0.3 is 28.1 Å². The Morgan fingerprint density at radius 2 is 1.02 bits per heavy atom. The molecule has 0 unspecified atom stereocenters. The second-order valence-electron chi connectivity index (χ2n) is 16.9. The van der Waals surface area contributed by atoms with Gasteiger partial charge in [0.05, 0.1) is 49.6 Å². The van der Waals surface area contributed by atoms with E-state index in [0.717, 1.165) is 134 Å². The summed E-state index contributed by atoms with van der Waals surface area (Å²) < 4.78 is 30.5. The molecule has 10 rings (SSSR count). The van der Waals surface area contributed by atoms with Gasteiger partial charge in [0, 0.05) is 63.7 Å². The van der Waals surface area contributed by atoms with Crippen LogP contribution in [0.15, 0.2) is 61.4 Å². The van der Waals surface area contributed by atoms with Gasteiger partial charge in [-0.15, -0.1) is 0 Å². The first-order chi connectivity index (χ1) is 30.4. The van der Waals surface area contributed by atoms with Crippen LogP contribution in [0.1, 0.15) is 109 Å². The molecule has 0 N–H and O–H groups in total. The molecule has 0 radical (unpaired) electrons. The first-order valence-electron chi connectivity index (χ1n) is 22.2. The third-order valence-corrected chi connectivity index (χ3v) is 12.8. The molecule has 4 aliphatic rings. The molecule has 2 atom stereocenters. The first-order valence-corrected chi connectivity index (χ1v) is 22.2. The molecule has 0 amide bonds. The predicted molar refractivity (Wildman–Crippen MR) is 239 cm³/mol. The summed E-state index contributed by atoms with van der Waals surface area (Å²) in [6.07, 6.45) is 25.0. The second-order valence-corrected chi connectivity index (χ2v) is 16.9. The normalized spacial score (nSPS) is 19.6. The van der Waals surface area contributed by atoms with Crippen LogP contribution in [0.2, 0.25) is 0 Å². The number of ether oxygens (including phenoxy) is 4. The van der Waals surface area contributed by atoms with Gasteiger partial charge in [0.15, 0.2) is 11.6 Å². The van der Waals surface area contributed by atoms with Crippen LogP contribution in [-0.4, -0.2) is 89.3 Å². The molecule has 0 spiro atoms. The number of rotatable bonds is 10. The van der Waals surface area contributed by atoms with Gasteiger partial charge in [-0.05, 0) is 125 Å². The summed E-state index contributed by atoms with van der Waals surface area (Å²) >= 11 is 0. The number of aryl methyl sites for hydroxylation is 4. The third-order valence-electron chi connectivity index (χ3n) is 12.8. The molecular formula is C48H58N10O4. The van der Waals surface area contributed by atoms with Crippen molar-refractivity contribution in [1.29, 1.82) is 0 Å². The monoisotopic (exact) mass is 838 g/mol. The summed E-state index contributed by atoms with van der Waals surface area (Å²) in [6.45, 7) is 9.37. The molecule has 2 fully saturated rings. The van der Waals surface area contributed by atoms with Crippen LogP contribution in [-0.2, 0) is 22.6 Å². The van der Waals surface area contributed by atoms with Crippen LogP contribution in [0.3, 0.4) is 0 Å². The number of benzene rings is 2. The average Bonchev–Trinajstić information content (AvgIpc) is 4.15. The van der Waals surface area contributed by atoms with Gasteiger partial charge in [0.25, 0.3) is 0 Å². The minimum atomic E-state index is 0.505. The lowest BCUT2D eigenvalue weighted by molar-refractivity contribution is 0.0530. The van der Waals surface area contributed by atoms with E-state index in [1.165, 1.54) is 25.7 Å². The zero-order chi connectivity index (χ0) is 42.4. The van der Waals surface area contributed by atoms with E-state index in [0.29, 0.717) is 23.7 Å². The van der Waals surface area contributed by atoms with E-state index in [1.807, 2.05) is 71.8 Å². The second kappa shape index (κ2) is 19.0. The average molecular weight is 839 g/mol. The first kappa shape index (κ1) is 41.5. The highest BCUT2D eigenvalue weighted by atomic mass is 16.5. The van der Waals surface area contributed by atoms with Crippen molar-refractivity contribution in [3.63, 3.8) is 0 Å². The molecule has 0 aliphatic carbocycles. The van der Waals surface area contributed by atoms with E-state index in [2.05, 4.69) is 43.6 Å². The van der Waals surface area contributed by atoms with Gasteiger partial charge in [-0.3, -0.25) is 0 Å². The van der Waals surface area contributed by atoms with Crippen molar-refractivity contribution < 1.29 is 18.9 Å². The number of methoxy groups -OCH3 is 2. The summed E-state index contributed by atoms with van der Waals surface area (Å²) in [7, 11) is 3.38. The molecule has 0 saturated carbocycles. The van der Waals surface area contributed by atoms with E-state index in [4.69, 9.17) is 39.1 Å². The third kappa shape index (κ3) is 9.31. The molecule has 62 heavy (non-hydrogen) atoms. The quantitative estimate of drug-likeness (QED) is 0.132. The van der Waals surface area contributed by atoms with E-state index in [-0.39, 0.29) is 0 Å². The molecule has 14 heteroatoms. The summed E-state index contributed by atoms with van der Waals surface area (Å²) in [6, 6.07) is 12.3. The van der Waals surface area contributed by atoms with Gasteiger partial charge >= 0.3 is 0 Å². The zero-order valence-corrected chi connectivity index (χ0v) is 36.4. The largest absolute Gasteiger partial charge is 0.495 e. The Bertz CT molecular complexity index is 2330. The standard InChI is InChI=1S/2C24H29N5O2/c2*1-17-15-28(16-25-17)21-7-5-18(14-22(21)30-2)6-8-23-26-24-20(4-3-11-29(24)27-23)19-9-12-31-13-10-19/h2*5-8,14-16,19-20H,3-4,9-13H2,1-2H3/b2*8-6+/t2*20-/m10/s1. The fourth-order valence-corrected chi connectivity index (χ4v) is 9.54. The maximum absolute atomic E-state index is 5.62. The van der Waals surface area contributed by atoms with Crippen LogP contribution in [0.4, 0.5) is 0 Å². The van der Waals surface area contributed by atoms with Crippen molar-refractivity contribution in [1.82, 2.24) is 48.6 Å². The van der Waals surface area contributed by atoms with Gasteiger partial charge in [-0.2, -0.15) is 10.2 Å². The molecule has 2 saturated heterocycles. The van der Waals surface area contributed by atoms with Crippen molar-refractivity contribution in [3.05, 3.63) is 107 Å². The number of aromatic nitrogens is 10. The molecule has 2 aromatic carbocycles. The van der Waals surface area contributed by atoms with Crippen molar-refractivity contribution in [3.8, 4) is 22.9 Å². The Morgan fingerprint density at radius 1 is 0.581 bits per heavy atom. The van der Waals surface area contributed by atoms with Crippen molar-refractivity contribution in [2.45, 2.75) is 90.1 Å². The Hall–Kier alpha value is -5.86. The Labute approximate surface area is 363 Å². The van der Waals surface area contributed by atoms with Crippen LogP contribution in [0.25, 0.3) is 35.7 Å². The fourth-order valence-electron chi connectivity index (χ4n) is 9.54. The molecule has 14 nitrogen and oxygen atoms in total. The molecule has 324 valence electrons. The molecule has 4 aromatic heterocycles. The zero-order valence-electron chi connectivity index (χ0n) is 36.4. The van der Waals surface area contributed by atoms with Crippen LogP contribution in [0, 0.1) is 25.7 Å². The van der Waals surface area contributed by atoms with Crippen LogP contribution < -0.4 is 9.47 Å². The smallest absolute Gasteiger partial charge is 0.174 e. The van der Waals surface area contributed by atoms with E-state index < -0.39 is 0 Å². The van der Waals surface area contributed by atoms with Crippen molar-refractivity contribution in [2.75, 3.05) is 40.6 Å². The highest BCUT2D eigenvalue weighted by Gasteiger charge is 2.33. The lowest BCUT2D eigenvalue weighted by Gasteiger charge is -2.32. The van der Waals surface area contributed by atoms with Crippen molar-refractivity contribution >= 4 is 24.3 Å². The summed E-state index contributed by atoms with van der Waals surface area (Å²) in [5.74, 6) is 7.81. The Morgan fingerprint density at radius 3 is 1.40 bits per heavy atom. The molecule has 6 aromatic rings. The summed E-state index contributed by atoms with van der Waals surface area (Å²) in [5.41, 5.74) is 5.97. The van der Waals surface area contributed by atoms with E-state index in [1.54, 1.807) is 26.9 Å². The highest BCUT2D eigenvalue weighted by Crippen LogP contribution is 2.39. The van der Waals surface area contributed by atoms with Crippen LogP contribution in [0.5, 0.6) is 11.5 Å². The Kier molecular flexibility index (Phi) is 12.7. The highest BCUT2D eigenvalue weighted by molar-refractivity contribution is 5.70. The number of hydrogen-bond acceptors (Lipinski definition) is 10.